The number of hydrogen-bond donors (Lipinski definition) is 0. The van der Waals surface area contributed by atoms with E-state index in [1.54, 1.807) is 6.20 Å². The molecule has 100 valence electrons. The molecule has 0 aromatic carbocycles. The number of carbonyl (C=O) groups is 1. The van der Waals surface area contributed by atoms with Crippen molar-refractivity contribution in [2.75, 3.05) is 25.6 Å². The molecule has 1 aromatic rings. The van der Waals surface area contributed by atoms with Crippen LogP contribution in [0, 0.1) is 0 Å². The Morgan fingerprint density at radius 3 is 2.56 bits per heavy atom. The van der Waals surface area contributed by atoms with Crippen molar-refractivity contribution in [2.24, 2.45) is 0 Å². The maximum absolute atomic E-state index is 11.9. The molecule has 1 heterocycles. The van der Waals surface area contributed by atoms with Gasteiger partial charge in [-0.2, -0.15) is 0 Å². The fourth-order valence-electron chi connectivity index (χ4n) is 1.82. The van der Waals surface area contributed by atoms with Crippen LogP contribution < -0.4 is 4.90 Å². The van der Waals surface area contributed by atoms with Gasteiger partial charge in [-0.25, -0.2) is 4.98 Å². The predicted octanol–water partition coefficient (Wildman–Crippen LogP) is 2.59. The minimum Gasteiger partial charge on any atom is -0.466 e. The molecule has 0 aliphatic heterocycles. The van der Waals surface area contributed by atoms with Crippen LogP contribution >= 0.6 is 0 Å². The Labute approximate surface area is 109 Å². The normalized spacial score (nSPS) is 12.0. The molecule has 0 radical (unpaired) electrons. The number of carbonyl (C=O) groups excluding carboxylic acids is 1. The van der Waals surface area contributed by atoms with E-state index in [0.29, 0.717) is 6.61 Å². The van der Waals surface area contributed by atoms with E-state index in [1.165, 1.54) is 0 Å². The van der Waals surface area contributed by atoms with Crippen LogP contribution in [-0.2, 0) is 9.53 Å². The lowest BCUT2D eigenvalue weighted by molar-refractivity contribution is -0.145. The first-order chi connectivity index (χ1) is 8.60. The van der Waals surface area contributed by atoms with Crippen LogP contribution in [0.5, 0.6) is 0 Å². The molecule has 1 aromatic heterocycles. The second-order valence-corrected chi connectivity index (χ2v) is 4.44. The van der Waals surface area contributed by atoms with E-state index in [2.05, 4.69) is 11.9 Å². The summed E-state index contributed by atoms with van der Waals surface area (Å²) in [6.45, 7) is 4.31. The number of rotatable bonds is 6. The summed E-state index contributed by atoms with van der Waals surface area (Å²) in [5.74, 6) is 0.537. The molecule has 0 aliphatic rings. The Bertz CT molecular complexity index is 374. The number of pyridine rings is 1. The first kappa shape index (κ1) is 14.5. The molecule has 1 unspecified atom stereocenters. The van der Waals surface area contributed by atoms with Crippen molar-refractivity contribution in [1.82, 2.24) is 4.98 Å². The zero-order valence-electron chi connectivity index (χ0n) is 11.6. The number of anilines is 1. The fourth-order valence-corrected chi connectivity index (χ4v) is 1.82. The van der Waals surface area contributed by atoms with Crippen molar-refractivity contribution in [2.45, 2.75) is 32.6 Å². The van der Waals surface area contributed by atoms with Crippen LogP contribution in [0.4, 0.5) is 5.82 Å². The van der Waals surface area contributed by atoms with Crippen LogP contribution in [-0.4, -0.2) is 31.7 Å². The molecule has 18 heavy (non-hydrogen) atoms. The van der Waals surface area contributed by atoms with Gasteiger partial charge in [0.15, 0.2) is 0 Å². The highest BCUT2D eigenvalue weighted by atomic mass is 16.5. The Balaban J connectivity index is 2.88. The summed E-state index contributed by atoms with van der Waals surface area (Å²) in [5, 5.41) is 0. The van der Waals surface area contributed by atoms with Gasteiger partial charge in [-0.3, -0.25) is 4.79 Å². The number of hydrogen-bond acceptors (Lipinski definition) is 4. The number of nitrogens with zero attached hydrogens (tertiary/aromatic N) is 2. The maximum atomic E-state index is 11.9. The monoisotopic (exact) mass is 250 g/mol. The van der Waals surface area contributed by atoms with Crippen LogP contribution in [0.3, 0.4) is 0 Å². The smallest absolute Gasteiger partial charge is 0.313 e. The van der Waals surface area contributed by atoms with Gasteiger partial charge in [0.2, 0.25) is 0 Å². The SMILES string of the molecule is CCCC(C(=O)OCC)c1ccc(N(C)C)nc1. The molecule has 4 heteroatoms. The molecule has 1 rings (SSSR count). The van der Waals surface area contributed by atoms with Gasteiger partial charge in [0.25, 0.3) is 0 Å². The van der Waals surface area contributed by atoms with Gasteiger partial charge in [-0.05, 0) is 25.0 Å². The molecule has 0 aliphatic carbocycles. The lowest BCUT2D eigenvalue weighted by Crippen LogP contribution is -2.17. The molecule has 0 fully saturated rings. The first-order valence-electron chi connectivity index (χ1n) is 6.40. The number of ether oxygens (including phenoxy) is 1. The Morgan fingerprint density at radius 1 is 1.39 bits per heavy atom. The van der Waals surface area contributed by atoms with Crippen LogP contribution in [0.1, 0.15) is 38.2 Å². The van der Waals surface area contributed by atoms with Gasteiger partial charge in [0.1, 0.15) is 5.82 Å². The molecule has 4 nitrogen and oxygen atoms in total. The van der Waals surface area contributed by atoms with E-state index in [1.807, 2.05) is 38.1 Å². The summed E-state index contributed by atoms with van der Waals surface area (Å²) in [6, 6.07) is 3.89. The summed E-state index contributed by atoms with van der Waals surface area (Å²) in [7, 11) is 3.88. The standard InChI is InChI=1S/C14H22N2O2/c1-5-7-12(14(17)18-6-2)11-8-9-13(15-10-11)16(3)4/h8-10,12H,5-7H2,1-4H3. The molecule has 0 amide bonds. The first-order valence-corrected chi connectivity index (χ1v) is 6.40. The van der Waals surface area contributed by atoms with Crippen molar-refractivity contribution < 1.29 is 9.53 Å². The lowest BCUT2D eigenvalue weighted by atomic mass is 9.96. The fraction of sp³-hybridized carbons (Fsp3) is 0.571. The van der Waals surface area contributed by atoms with Crippen molar-refractivity contribution in [1.29, 1.82) is 0 Å². The van der Waals surface area contributed by atoms with Gasteiger partial charge in [0, 0.05) is 20.3 Å². The summed E-state index contributed by atoms with van der Waals surface area (Å²) >= 11 is 0. The molecule has 0 spiro atoms. The molecule has 1 atom stereocenters. The minimum atomic E-state index is -0.196. The predicted molar refractivity (Wildman–Crippen MR) is 72.8 cm³/mol. The third kappa shape index (κ3) is 3.72. The Kier molecular flexibility index (Phi) is 5.62. The van der Waals surface area contributed by atoms with E-state index in [4.69, 9.17) is 4.74 Å². The molecular formula is C14H22N2O2. The zero-order valence-corrected chi connectivity index (χ0v) is 11.6. The van der Waals surface area contributed by atoms with Crippen molar-refractivity contribution >= 4 is 11.8 Å². The maximum Gasteiger partial charge on any atom is 0.313 e. The highest BCUT2D eigenvalue weighted by Gasteiger charge is 2.21. The topological polar surface area (TPSA) is 42.4 Å². The van der Waals surface area contributed by atoms with Crippen LogP contribution in [0.15, 0.2) is 18.3 Å². The molecule has 0 N–H and O–H groups in total. The van der Waals surface area contributed by atoms with E-state index in [0.717, 1.165) is 24.2 Å². The summed E-state index contributed by atoms with van der Waals surface area (Å²) in [6.07, 6.45) is 3.51. The van der Waals surface area contributed by atoms with E-state index in [-0.39, 0.29) is 11.9 Å². The quantitative estimate of drug-likeness (QED) is 0.728. The van der Waals surface area contributed by atoms with Crippen molar-refractivity contribution in [3.63, 3.8) is 0 Å². The second-order valence-electron chi connectivity index (χ2n) is 4.44. The van der Waals surface area contributed by atoms with Gasteiger partial charge < -0.3 is 9.64 Å². The van der Waals surface area contributed by atoms with Crippen molar-refractivity contribution in [3.05, 3.63) is 23.9 Å². The number of aromatic nitrogens is 1. The Hall–Kier alpha value is -1.58. The highest BCUT2D eigenvalue weighted by Crippen LogP contribution is 2.23. The second kappa shape index (κ2) is 6.99. The molecular weight excluding hydrogens is 228 g/mol. The third-order valence-electron chi connectivity index (χ3n) is 2.78. The highest BCUT2D eigenvalue weighted by molar-refractivity contribution is 5.78. The average molecular weight is 250 g/mol. The molecule has 0 saturated heterocycles. The largest absolute Gasteiger partial charge is 0.466 e. The van der Waals surface area contributed by atoms with E-state index >= 15 is 0 Å². The van der Waals surface area contributed by atoms with Crippen molar-refractivity contribution in [3.8, 4) is 0 Å². The summed E-state index contributed by atoms with van der Waals surface area (Å²) < 4.78 is 5.11. The van der Waals surface area contributed by atoms with Gasteiger partial charge >= 0.3 is 5.97 Å². The van der Waals surface area contributed by atoms with Crippen LogP contribution in [0.25, 0.3) is 0 Å². The van der Waals surface area contributed by atoms with Gasteiger partial charge in [-0.15, -0.1) is 0 Å². The van der Waals surface area contributed by atoms with Gasteiger partial charge in [0.05, 0.1) is 12.5 Å². The summed E-state index contributed by atoms with van der Waals surface area (Å²) in [5.41, 5.74) is 0.931. The lowest BCUT2D eigenvalue weighted by Gasteiger charge is -2.16. The van der Waals surface area contributed by atoms with Crippen LogP contribution in [0.2, 0.25) is 0 Å². The Morgan fingerprint density at radius 2 is 2.11 bits per heavy atom. The molecule has 0 saturated carbocycles. The number of esters is 1. The van der Waals surface area contributed by atoms with Gasteiger partial charge in [-0.1, -0.05) is 19.4 Å². The zero-order chi connectivity index (χ0) is 13.5. The average Bonchev–Trinajstić information content (AvgIpc) is 2.36. The molecule has 0 bridgehead atoms. The van der Waals surface area contributed by atoms with E-state index in [9.17, 15) is 4.79 Å². The third-order valence-corrected chi connectivity index (χ3v) is 2.78. The summed E-state index contributed by atoms with van der Waals surface area (Å²) in [4.78, 5) is 18.2. The van der Waals surface area contributed by atoms with E-state index < -0.39 is 0 Å². The minimum absolute atomic E-state index is 0.154.